The van der Waals surface area contributed by atoms with Crippen molar-refractivity contribution >= 4 is 11.8 Å². The lowest BCUT2D eigenvalue weighted by atomic mass is 10.4. The summed E-state index contributed by atoms with van der Waals surface area (Å²) in [5.41, 5.74) is 5.50. The maximum atomic E-state index is 5.50. The fourth-order valence-corrected chi connectivity index (χ4v) is 1.84. The van der Waals surface area contributed by atoms with E-state index < -0.39 is 0 Å². The number of hydrogen-bond acceptors (Lipinski definition) is 5. The molecule has 0 radical (unpaired) electrons. The van der Waals surface area contributed by atoms with Crippen molar-refractivity contribution in [3.05, 3.63) is 12.3 Å². The average molecular weight is 221 g/mol. The summed E-state index contributed by atoms with van der Waals surface area (Å²) in [5, 5.41) is 3.26. The third-order valence-corrected chi connectivity index (χ3v) is 2.85. The van der Waals surface area contributed by atoms with Crippen molar-refractivity contribution in [3.63, 3.8) is 0 Å². The highest BCUT2D eigenvalue weighted by Crippen LogP contribution is 2.25. The second-order valence-corrected chi connectivity index (χ2v) is 4.09. The number of nitrogens with one attached hydrogen (secondary N) is 1. The Kier molecular flexibility index (Phi) is 3.56. The molecule has 1 aromatic heterocycles. The molecule has 5 heteroatoms. The third kappa shape index (κ3) is 3.06. The van der Waals surface area contributed by atoms with Gasteiger partial charge in [0.1, 0.15) is 5.82 Å². The van der Waals surface area contributed by atoms with E-state index in [0.717, 1.165) is 31.5 Å². The van der Waals surface area contributed by atoms with Crippen molar-refractivity contribution in [2.24, 2.45) is 0 Å². The summed E-state index contributed by atoms with van der Waals surface area (Å²) in [7, 11) is 0. The molecular formula is C11H19N5. The summed E-state index contributed by atoms with van der Waals surface area (Å²) in [6.07, 6.45) is 4.38. The van der Waals surface area contributed by atoms with Gasteiger partial charge in [0.15, 0.2) is 0 Å². The molecule has 2 rings (SSSR count). The minimum Gasteiger partial charge on any atom is -0.369 e. The number of nitrogens with two attached hydrogens (primary N) is 1. The number of nitrogens with zero attached hydrogens (tertiary/aromatic N) is 3. The van der Waals surface area contributed by atoms with Gasteiger partial charge in [-0.15, -0.1) is 0 Å². The van der Waals surface area contributed by atoms with E-state index in [1.54, 1.807) is 6.20 Å². The summed E-state index contributed by atoms with van der Waals surface area (Å²) in [6.45, 7) is 5.30. The van der Waals surface area contributed by atoms with Gasteiger partial charge in [-0.1, -0.05) is 6.92 Å². The Hall–Kier alpha value is -1.36. The lowest BCUT2D eigenvalue weighted by molar-refractivity contribution is 0.289. The lowest BCUT2D eigenvalue weighted by Gasteiger charge is -2.19. The van der Waals surface area contributed by atoms with Gasteiger partial charge in [-0.25, -0.2) is 4.98 Å². The average Bonchev–Trinajstić information content (AvgIpc) is 3.08. The van der Waals surface area contributed by atoms with Crippen LogP contribution in [0.2, 0.25) is 0 Å². The molecule has 1 aliphatic rings. The molecule has 3 N–H and O–H groups in total. The van der Waals surface area contributed by atoms with Gasteiger partial charge in [0, 0.05) is 25.3 Å². The van der Waals surface area contributed by atoms with Crippen LogP contribution in [0, 0.1) is 0 Å². The van der Waals surface area contributed by atoms with Crippen molar-refractivity contribution in [3.8, 4) is 0 Å². The van der Waals surface area contributed by atoms with Crippen LogP contribution in [0.4, 0.5) is 11.8 Å². The Bertz CT molecular complexity index is 337. The van der Waals surface area contributed by atoms with Gasteiger partial charge in [-0.3, -0.25) is 4.90 Å². The van der Waals surface area contributed by atoms with Crippen molar-refractivity contribution < 1.29 is 0 Å². The van der Waals surface area contributed by atoms with Gasteiger partial charge < -0.3 is 11.1 Å². The number of likely N-dealkylation sites (N-methyl/N-ethyl adjacent to an activating group) is 1. The molecule has 5 nitrogen and oxygen atoms in total. The SMILES string of the molecule is CCN(CCNc1ccnc(N)n1)C1CC1. The quantitative estimate of drug-likeness (QED) is 0.748. The number of hydrogen-bond donors (Lipinski definition) is 2. The second kappa shape index (κ2) is 5.12. The molecular weight excluding hydrogens is 202 g/mol. The minimum absolute atomic E-state index is 0.319. The minimum atomic E-state index is 0.319. The Balaban J connectivity index is 1.74. The zero-order valence-corrected chi connectivity index (χ0v) is 9.69. The first-order valence-corrected chi connectivity index (χ1v) is 5.86. The normalized spacial score (nSPS) is 15.4. The van der Waals surface area contributed by atoms with E-state index in [9.17, 15) is 0 Å². The van der Waals surface area contributed by atoms with Gasteiger partial charge >= 0.3 is 0 Å². The maximum Gasteiger partial charge on any atom is 0.221 e. The van der Waals surface area contributed by atoms with Crippen molar-refractivity contribution in [2.75, 3.05) is 30.7 Å². The monoisotopic (exact) mass is 221 g/mol. The first-order valence-electron chi connectivity index (χ1n) is 5.86. The van der Waals surface area contributed by atoms with Crippen molar-refractivity contribution in [1.82, 2.24) is 14.9 Å². The van der Waals surface area contributed by atoms with Crippen LogP contribution in [0.25, 0.3) is 0 Å². The summed E-state index contributed by atoms with van der Waals surface area (Å²) >= 11 is 0. The highest BCUT2D eigenvalue weighted by Gasteiger charge is 2.26. The lowest BCUT2D eigenvalue weighted by Crippen LogP contribution is -2.31. The van der Waals surface area contributed by atoms with Crippen LogP contribution in [0.1, 0.15) is 19.8 Å². The zero-order valence-electron chi connectivity index (χ0n) is 9.69. The Morgan fingerprint density at radius 2 is 2.38 bits per heavy atom. The molecule has 1 saturated carbocycles. The number of aromatic nitrogens is 2. The van der Waals surface area contributed by atoms with E-state index in [1.807, 2.05) is 6.07 Å². The molecule has 0 bridgehead atoms. The fourth-order valence-electron chi connectivity index (χ4n) is 1.84. The van der Waals surface area contributed by atoms with Crippen LogP contribution < -0.4 is 11.1 Å². The fraction of sp³-hybridized carbons (Fsp3) is 0.636. The molecule has 0 aromatic carbocycles. The largest absolute Gasteiger partial charge is 0.369 e. The smallest absolute Gasteiger partial charge is 0.221 e. The number of rotatable bonds is 6. The van der Waals surface area contributed by atoms with Crippen LogP contribution in [-0.4, -0.2) is 40.5 Å². The molecule has 88 valence electrons. The number of nitrogen functional groups attached to an aromatic ring is 1. The molecule has 1 heterocycles. The van der Waals surface area contributed by atoms with E-state index >= 15 is 0 Å². The molecule has 1 aromatic rings. The predicted octanol–water partition coefficient (Wildman–Crippen LogP) is 0.955. The first-order chi connectivity index (χ1) is 7.79. The molecule has 1 aliphatic carbocycles. The van der Waals surface area contributed by atoms with Crippen molar-refractivity contribution in [2.45, 2.75) is 25.8 Å². The zero-order chi connectivity index (χ0) is 11.4. The van der Waals surface area contributed by atoms with Crippen LogP contribution >= 0.6 is 0 Å². The topological polar surface area (TPSA) is 67.1 Å². The Labute approximate surface area is 96.1 Å². The second-order valence-electron chi connectivity index (χ2n) is 4.09. The maximum absolute atomic E-state index is 5.50. The first kappa shape index (κ1) is 11.1. The summed E-state index contributed by atoms with van der Waals surface area (Å²) < 4.78 is 0. The highest BCUT2D eigenvalue weighted by molar-refractivity contribution is 5.37. The molecule has 0 saturated heterocycles. The van der Waals surface area contributed by atoms with Crippen LogP contribution in [0.15, 0.2) is 12.3 Å². The van der Waals surface area contributed by atoms with Gasteiger partial charge in [-0.05, 0) is 25.5 Å². The van der Waals surface area contributed by atoms with Crippen molar-refractivity contribution in [1.29, 1.82) is 0 Å². The van der Waals surface area contributed by atoms with E-state index in [0.29, 0.717) is 5.95 Å². The summed E-state index contributed by atoms with van der Waals surface area (Å²) in [4.78, 5) is 10.4. The summed E-state index contributed by atoms with van der Waals surface area (Å²) in [5.74, 6) is 1.12. The number of anilines is 2. The van der Waals surface area contributed by atoms with Gasteiger partial charge in [-0.2, -0.15) is 4.98 Å². The summed E-state index contributed by atoms with van der Waals surface area (Å²) in [6, 6.07) is 2.66. The third-order valence-electron chi connectivity index (χ3n) is 2.85. The van der Waals surface area contributed by atoms with Gasteiger partial charge in [0.05, 0.1) is 0 Å². The van der Waals surface area contributed by atoms with Gasteiger partial charge in [0.2, 0.25) is 5.95 Å². The Morgan fingerprint density at radius 3 is 3.00 bits per heavy atom. The molecule has 0 spiro atoms. The van der Waals surface area contributed by atoms with E-state index in [1.165, 1.54) is 12.8 Å². The van der Waals surface area contributed by atoms with Gasteiger partial charge in [0.25, 0.3) is 0 Å². The molecule has 0 atom stereocenters. The predicted molar refractivity (Wildman–Crippen MR) is 65.2 cm³/mol. The molecule has 16 heavy (non-hydrogen) atoms. The van der Waals surface area contributed by atoms with E-state index in [-0.39, 0.29) is 0 Å². The van der Waals surface area contributed by atoms with Crippen LogP contribution in [0.5, 0.6) is 0 Å². The van der Waals surface area contributed by atoms with E-state index in [4.69, 9.17) is 5.73 Å². The van der Waals surface area contributed by atoms with E-state index in [2.05, 4.69) is 27.1 Å². The molecule has 0 aliphatic heterocycles. The molecule has 0 unspecified atom stereocenters. The standard InChI is InChI=1S/C11H19N5/c1-2-16(9-3-4-9)8-7-13-10-5-6-14-11(12)15-10/h5-6,9H,2-4,7-8H2,1H3,(H3,12,13,14,15). The molecule has 0 amide bonds. The highest BCUT2D eigenvalue weighted by atomic mass is 15.2. The van der Waals surface area contributed by atoms with Crippen LogP contribution in [0.3, 0.4) is 0 Å². The Morgan fingerprint density at radius 1 is 1.56 bits per heavy atom. The van der Waals surface area contributed by atoms with Crippen LogP contribution in [-0.2, 0) is 0 Å². The molecule has 1 fully saturated rings.